The summed E-state index contributed by atoms with van der Waals surface area (Å²) in [4.78, 5) is 58.6. The topological polar surface area (TPSA) is 284 Å². The Labute approximate surface area is 372 Å². The predicted octanol–water partition coefficient (Wildman–Crippen LogP) is 2.95. The van der Waals surface area contributed by atoms with Crippen LogP contribution in [0.3, 0.4) is 0 Å². The number of nitrogens with zero attached hydrogens (tertiary/aromatic N) is 1. The van der Waals surface area contributed by atoms with Gasteiger partial charge in [-0.3, -0.25) is 22.7 Å². The average Bonchev–Trinajstić information content (AvgIpc) is 3.22. The monoisotopic (exact) mass is 991 g/mol. The third kappa shape index (κ3) is 40.8. The zero-order valence-corrected chi connectivity index (χ0v) is 38.7. The number of amidine groups is 1. The molecule has 1 unspecified atom stereocenters. The van der Waals surface area contributed by atoms with Gasteiger partial charge in [-0.25, -0.2) is 0 Å². The summed E-state index contributed by atoms with van der Waals surface area (Å²) in [7, 11) is -3.55. The highest BCUT2D eigenvalue weighted by Crippen LogP contribution is 2.14. The standard InChI is InChI=1S/C39H75IN8O11S/c40-46-34(31-49)17-14-15-21-43-38(52)32-58-28-27-57-25-23-45-39(53)33-59-29-26-56-24-22-44-36(50)20-16-30-60(54,55)48-37(51)19-13-11-9-7-5-3-1-2-4-6-8-10-12-18-35(41)47-42/h31,34,46H,1-30,32-33,42H2,(H6-,41,43,44,45,47,48,50,51,52,53,54,55)/p+1/t34-/m0/s1. The van der Waals surface area contributed by atoms with Crippen LogP contribution in [0.25, 0.3) is 0 Å². The molecule has 0 saturated carbocycles. The lowest BCUT2D eigenvalue weighted by Gasteiger charge is -2.09. The lowest BCUT2D eigenvalue weighted by atomic mass is 10.0. The highest BCUT2D eigenvalue weighted by Gasteiger charge is 2.27. The van der Waals surface area contributed by atoms with Crippen molar-refractivity contribution in [1.29, 1.82) is 0 Å². The number of aldehydes is 1. The largest absolute Gasteiger partial charge is 0.386 e. The van der Waals surface area contributed by atoms with Crippen molar-refractivity contribution in [3.8, 4) is 0 Å². The molecule has 21 heteroatoms. The van der Waals surface area contributed by atoms with E-state index in [0.717, 1.165) is 57.7 Å². The molecule has 2 atom stereocenters. The maximum atomic E-state index is 12.4. The summed E-state index contributed by atoms with van der Waals surface area (Å²) in [5.41, 5.74) is 5.59. The van der Waals surface area contributed by atoms with Crippen LogP contribution < -0.4 is 35.8 Å². The summed E-state index contributed by atoms with van der Waals surface area (Å²) in [5.74, 6) is 4.17. The molecule has 19 nitrogen and oxygen atoms in total. The molecule has 0 aromatic rings. The molecule has 4 amide bonds. The van der Waals surface area contributed by atoms with E-state index in [0.29, 0.717) is 25.2 Å². The Bertz CT molecular complexity index is 1210. The van der Waals surface area contributed by atoms with E-state index in [1.165, 1.54) is 44.9 Å². The first-order chi connectivity index (χ1) is 29.0. The Morgan fingerprint density at radius 1 is 0.600 bits per heavy atom. The van der Waals surface area contributed by atoms with E-state index >= 15 is 0 Å². The highest BCUT2D eigenvalue weighted by molar-refractivity contribution is 14.1. The molecule has 0 aliphatic carbocycles. The van der Waals surface area contributed by atoms with Gasteiger partial charge in [0.25, 0.3) is 5.91 Å². The van der Waals surface area contributed by atoms with Crippen LogP contribution >= 0.6 is 22.9 Å². The molecular formula is C39H76IN8O11S+. The number of halogens is 1. The zero-order valence-electron chi connectivity index (χ0n) is 35.7. The summed E-state index contributed by atoms with van der Waals surface area (Å²) in [5, 5.41) is 11.6. The SMILES string of the molecule is N/N=C(\N)CCCCCCCCCCCCCCCC(=O)N[S+](=O)(O)CCCC(=O)NCCOCCOCC(=O)NCCOCCOCC(=O)NCCCC[C@@H](C=O)NI. The van der Waals surface area contributed by atoms with E-state index in [1.54, 1.807) is 0 Å². The first-order valence-corrected chi connectivity index (χ1v) is 24.3. The Morgan fingerprint density at radius 2 is 1.05 bits per heavy atom. The van der Waals surface area contributed by atoms with Crippen LogP contribution in [0.5, 0.6) is 0 Å². The van der Waals surface area contributed by atoms with Gasteiger partial charge in [0.1, 0.15) is 25.3 Å². The van der Waals surface area contributed by atoms with Crippen molar-refractivity contribution in [3.05, 3.63) is 0 Å². The molecule has 0 bridgehead atoms. The quantitative estimate of drug-likeness (QED) is 0.00502. The van der Waals surface area contributed by atoms with Gasteiger partial charge in [0.2, 0.25) is 17.7 Å². The molecule has 0 aromatic heterocycles. The molecule has 0 aliphatic heterocycles. The van der Waals surface area contributed by atoms with Crippen molar-refractivity contribution in [2.75, 3.05) is 78.2 Å². The Balaban J connectivity index is 3.57. The minimum absolute atomic E-state index is 0.0369. The summed E-state index contributed by atoms with van der Waals surface area (Å²) < 4.78 is 48.9. The fourth-order valence-electron chi connectivity index (χ4n) is 5.66. The van der Waals surface area contributed by atoms with Gasteiger partial charge in [0.05, 0.1) is 45.7 Å². The smallest absolute Gasteiger partial charge is 0.313 e. The number of nitrogens with one attached hydrogen (secondary N) is 5. The summed E-state index contributed by atoms with van der Waals surface area (Å²) >= 11 is 1.95. The van der Waals surface area contributed by atoms with Crippen molar-refractivity contribution in [3.63, 3.8) is 0 Å². The third-order valence-corrected chi connectivity index (χ3v) is 11.2. The molecular weight excluding hydrogens is 915 g/mol. The van der Waals surface area contributed by atoms with Gasteiger partial charge in [-0.05, 0) is 36.3 Å². The molecule has 10 N–H and O–H groups in total. The van der Waals surface area contributed by atoms with Crippen molar-refractivity contribution < 1.29 is 51.7 Å². The van der Waals surface area contributed by atoms with Crippen LogP contribution in [0, 0.1) is 0 Å². The summed E-state index contributed by atoms with van der Waals surface area (Å²) in [6.07, 6.45) is 18.9. The number of unbranched alkanes of at least 4 members (excludes halogenated alkanes) is 13. The van der Waals surface area contributed by atoms with E-state index in [9.17, 15) is 32.7 Å². The number of carbonyl (C=O) groups excluding carboxylic acids is 5. The van der Waals surface area contributed by atoms with Crippen LogP contribution in [0.2, 0.25) is 0 Å². The maximum Gasteiger partial charge on any atom is 0.313 e. The molecule has 60 heavy (non-hydrogen) atoms. The number of hydrogen-bond acceptors (Lipinski definition) is 13. The summed E-state index contributed by atoms with van der Waals surface area (Å²) in [6, 6.07) is -0.171. The Hall–Kier alpha value is -2.54. The fraction of sp³-hybridized carbons (Fsp3) is 0.846. The van der Waals surface area contributed by atoms with Gasteiger partial charge < -0.3 is 51.3 Å². The third-order valence-electron chi connectivity index (χ3n) is 9.02. The number of hydrogen-bond donors (Lipinski definition) is 8. The molecule has 0 spiro atoms. The van der Waals surface area contributed by atoms with Crippen LogP contribution in [0.1, 0.15) is 128 Å². The van der Waals surface area contributed by atoms with E-state index in [4.69, 9.17) is 30.5 Å². The number of hydrazone groups is 1. The molecule has 0 aromatic carbocycles. The van der Waals surface area contributed by atoms with Crippen LogP contribution in [0.15, 0.2) is 5.10 Å². The van der Waals surface area contributed by atoms with Crippen molar-refractivity contribution in [1.82, 2.24) is 24.2 Å². The highest BCUT2D eigenvalue weighted by atomic mass is 127. The van der Waals surface area contributed by atoms with Gasteiger partial charge in [-0.2, -0.15) is 9.65 Å². The molecule has 0 aliphatic rings. The van der Waals surface area contributed by atoms with Crippen molar-refractivity contribution >= 4 is 69.0 Å². The van der Waals surface area contributed by atoms with Gasteiger partial charge in [0, 0.05) is 68.2 Å². The lowest BCUT2D eigenvalue weighted by molar-refractivity contribution is -0.127. The normalized spacial score (nSPS) is 13.0. The van der Waals surface area contributed by atoms with E-state index < -0.39 is 16.3 Å². The molecule has 0 saturated heterocycles. The van der Waals surface area contributed by atoms with E-state index in [2.05, 4.69) is 29.3 Å². The number of amides is 4. The second kappa shape index (κ2) is 41.8. The second-order valence-electron chi connectivity index (χ2n) is 14.4. The van der Waals surface area contributed by atoms with E-state index in [-0.39, 0.29) is 115 Å². The number of carbonyl (C=O) groups is 5. The first kappa shape index (κ1) is 57.5. The van der Waals surface area contributed by atoms with Crippen LogP contribution in [-0.4, -0.2) is 125 Å². The van der Waals surface area contributed by atoms with Gasteiger partial charge in [-0.1, -0.05) is 70.6 Å². The minimum Gasteiger partial charge on any atom is -0.386 e. The van der Waals surface area contributed by atoms with Gasteiger partial charge in [-0.15, -0.1) is 4.72 Å². The Kier molecular flexibility index (Phi) is 40.0. The molecule has 350 valence electrons. The second-order valence-corrected chi connectivity index (χ2v) is 16.9. The number of nitrogens with two attached hydrogens (primary N) is 2. The lowest BCUT2D eigenvalue weighted by Crippen LogP contribution is -2.38. The maximum absolute atomic E-state index is 12.4. The van der Waals surface area contributed by atoms with E-state index in [1.807, 2.05) is 22.9 Å². The number of ether oxygens (including phenoxy) is 4. The fourth-order valence-corrected chi connectivity index (χ4v) is 7.21. The van der Waals surface area contributed by atoms with Gasteiger partial charge in [0.15, 0.2) is 5.75 Å². The van der Waals surface area contributed by atoms with Crippen LogP contribution in [-0.2, 0) is 57.5 Å². The molecule has 0 heterocycles. The van der Waals surface area contributed by atoms with Gasteiger partial charge >= 0.3 is 10.4 Å². The molecule has 0 radical (unpaired) electrons. The predicted molar refractivity (Wildman–Crippen MR) is 241 cm³/mol. The Morgan fingerprint density at radius 3 is 1.55 bits per heavy atom. The molecule has 0 fully saturated rings. The molecule has 0 rings (SSSR count). The first-order valence-electron chi connectivity index (χ1n) is 21.5. The van der Waals surface area contributed by atoms with Crippen molar-refractivity contribution in [2.45, 2.75) is 134 Å². The van der Waals surface area contributed by atoms with Crippen LogP contribution in [0.4, 0.5) is 0 Å². The average molecular weight is 992 g/mol. The zero-order chi connectivity index (χ0) is 44.4. The minimum atomic E-state index is -3.55. The number of rotatable bonds is 44. The van der Waals surface area contributed by atoms with Crippen molar-refractivity contribution in [2.24, 2.45) is 16.7 Å². The summed E-state index contributed by atoms with van der Waals surface area (Å²) in [6.45, 7) is 2.25.